The third-order valence-electron chi connectivity index (χ3n) is 6.79. The van der Waals surface area contributed by atoms with Crippen LogP contribution in [0.15, 0.2) is 48.5 Å². The highest BCUT2D eigenvalue weighted by Crippen LogP contribution is 2.39. The zero-order chi connectivity index (χ0) is 21.2. The zero-order valence-corrected chi connectivity index (χ0v) is 18.2. The maximum absolute atomic E-state index is 12.5. The van der Waals surface area contributed by atoms with Crippen LogP contribution in [0.3, 0.4) is 0 Å². The van der Waals surface area contributed by atoms with Crippen molar-refractivity contribution in [2.24, 2.45) is 0 Å². The zero-order valence-electron chi connectivity index (χ0n) is 18.2. The Bertz CT molecular complexity index is 1070. The smallest absolute Gasteiger partial charge is 0.251 e. The Labute approximate surface area is 183 Å². The van der Waals surface area contributed by atoms with Gasteiger partial charge in [-0.05, 0) is 50.4 Å². The number of carbonyl (C=O) groups is 1. The second kappa shape index (κ2) is 8.67. The lowest BCUT2D eigenvalue weighted by atomic mass is 10.0. The number of aromatic amines is 1. The Morgan fingerprint density at radius 1 is 1.16 bits per heavy atom. The molecule has 1 fully saturated rings. The van der Waals surface area contributed by atoms with E-state index in [9.17, 15) is 4.79 Å². The summed E-state index contributed by atoms with van der Waals surface area (Å²) in [7, 11) is 0. The molecule has 31 heavy (non-hydrogen) atoms. The fourth-order valence-corrected chi connectivity index (χ4v) is 4.96. The predicted molar refractivity (Wildman–Crippen MR) is 124 cm³/mol. The largest absolute Gasteiger partial charge is 0.352 e. The first kappa shape index (κ1) is 20.0. The second-order valence-electron chi connectivity index (χ2n) is 8.83. The summed E-state index contributed by atoms with van der Waals surface area (Å²) >= 11 is 0. The van der Waals surface area contributed by atoms with Crippen LogP contribution in [-0.2, 0) is 6.42 Å². The van der Waals surface area contributed by atoms with Crippen molar-refractivity contribution in [3.8, 4) is 22.5 Å². The number of carbonyl (C=O) groups excluding carboxylic acids is 1. The minimum atomic E-state index is -0.00194. The maximum atomic E-state index is 12.5. The van der Waals surface area contributed by atoms with Crippen LogP contribution in [-0.4, -0.2) is 46.7 Å². The van der Waals surface area contributed by atoms with Crippen molar-refractivity contribution in [3.63, 3.8) is 0 Å². The van der Waals surface area contributed by atoms with Crippen LogP contribution in [0.2, 0.25) is 0 Å². The maximum Gasteiger partial charge on any atom is 0.251 e. The van der Waals surface area contributed by atoms with Gasteiger partial charge in [0, 0.05) is 47.8 Å². The lowest BCUT2D eigenvalue weighted by molar-refractivity contribution is 0.0949. The van der Waals surface area contributed by atoms with Gasteiger partial charge in [-0.1, -0.05) is 42.8 Å². The molecular formula is C26H30N4O. The van der Waals surface area contributed by atoms with Crippen molar-refractivity contribution in [1.82, 2.24) is 20.4 Å². The highest BCUT2D eigenvalue weighted by atomic mass is 16.1. The number of fused-ring (bicyclic) bond motifs is 3. The molecule has 0 bridgehead atoms. The average molecular weight is 415 g/mol. The van der Waals surface area contributed by atoms with E-state index in [4.69, 9.17) is 0 Å². The van der Waals surface area contributed by atoms with E-state index in [2.05, 4.69) is 51.6 Å². The average Bonchev–Trinajstić information content (AvgIpc) is 3.37. The fourth-order valence-electron chi connectivity index (χ4n) is 4.96. The molecule has 1 amide bonds. The molecule has 1 atom stereocenters. The molecule has 0 saturated carbocycles. The molecule has 5 rings (SSSR count). The number of hydrogen-bond acceptors (Lipinski definition) is 3. The van der Waals surface area contributed by atoms with Gasteiger partial charge in [0.05, 0.1) is 11.4 Å². The molecule has 2 heterocycles. The van der Waals surface area contributed by atoms with E-state index in [1.165, 1.54) is 42.5 Å². The lowest BCUT2D eigenvalue weighted by Gasteiger charge is -2.33. The first-order chi connectivity index (χ1) is 15.2. The van der Waals surface area contributed by atoms with E-state index < -0.39 is 0 Å². The van der Waals surface area contributed by atoms with Crippen LogP contribution >= 0.6 is 0 Å². The number of benzene rings is 2. The topological polar surface area (TPSA) is 61.0 Å². The summed E-state index contributed by atoms with van der Waals surface area (Å²) in [5.74, 6) is -0.00194. The summed E-state index contributed by atoms with van der Waals surface area (Å²) in [4.78, 5) is 15.1. The number of likely N-dealkylation sites (tertiary alicyclic amines) is 1. The first-order valence-corrected chi connectivity index (χ1v) is 11.5. The Kier molecular flexibility index (Phi) is 5.60. The molecule has 1 aliphatic carbocycles. The van der Waals surface area contributed by atoms with Crippen LogP contribution in [0.5, 0.6) is 0 Å². The van der Waals surface area contributed by atoms with Crippen molar-refractivity contribution < 1.29 is 4.79 Å². The minimum absolute atomic E-state index is 0.00194. The predicted octanol–water partition coefficient (Wildman–Crippen LogP) is 4.64. The van der Waals surface area contributed by atoms with E-state index in [0.29, 0.717) is 11.6 Å². The molecule has 5 heteroatoms. The molecule has 0 radical (unpaired) electrons. The normalized spacial score (nSPS) is 17.9. The van der Waals surface area contributed by atoms with Gasteiger partial charge in [-0.25, -0.2) is 0 Å². The number of nitrogens with one attached hydrogen (secondary N) is 2. The van der Waals surface area contributed by atoms with Gasteiger partial charge in [-0.3, -0.25) is 9.89 Å². The number of aromatic nitrogens is 2. The van der Waals surface area contributed by atoms with Crippen LogP contribution < -0.4 is 5.32 Å². The van der Waals surface area contributed by atoms with Gasteiger partial charge >= 0.3 is 0 Å². The molecule has 2 aromatic carbocycles. The highest BCUT2D eigenvalue weighted by Gasteiger charge is 2.24. The van der Waals surface area contributed by atoms with E-state index in [1.807, 2.05) is 24.3 Å². The van der Waals surface area contributed by atoms with Crippen molar-refractivity contribution in [2.45, 2.75) is 45.1 Å². The summed E-state index contributed by atoms with van der Waals surface area (Å²) in [6, 6.07) is 16.9. The van der Waals surface area contributed by atoms with Gasteiger partial charge in [-0.2, -0.15) is 5.10 Å². The van der Waals surface area contributed by atoms with Gasteiger partial charge in [0.2, 0.25) is 0 Å². The molecule has 0 spiro atoms. The standard InChI is InChI=1S/C26H30N4O/c1-18-7-4-5-15-30(18)16-6-14-27-26(31)20-12-10-19(11-13-20)24-23-17-21-8-2-3-9-22(21)25(23)29-28-24/h2-3,8-13,18H,4-7,14-17H2,1H3,(H,27,31)(H,28,29). The SMILES string of the molecule is CC1CCCCN1CCCNC(=O)c1ccc(-c2n[nH]c3c2Cc2ccccc2-3)cc1. The Hall–Kier alpha value is -2.92. The quantitative estimate of drug-likeness (QED) is 0.452. The fraction of sp³-hybridized carbons (Fsp3) is 0.385. The summed E-state index contributed by atoms with van der Waals surface area (Å²) in [6.45, 7) is 5.28. The number of nitrogens with zero attached hydrogens (tertiary/aromatic N) is 2. The molecule has 1 aromatic heterocycles. The Morgan fingerprint density at radius 3 is 2.84 bits per heavy atom. The summed E-state index contributed by atoms with van der Waals surface area (Å²) in [6.07, 6.45) is 5.83. The van der Waals surface area contributed by atoms with Gasteiger partial charge in [0.25, 0.3) is 5.91 Å². The number of amides is 1. The molecule has 160 valence electrons. The molecule has 1 aliphatic heterocycles. The number of piperidine rings is 1. The number of hydrogen-bond donors (Lipinski definition) is 2. The Morgan fingerprint density at radius 2 is 2.00 bits per heavy atom. The molecule has 1 unspecified atom stereocenters. The summed E-state index contributed by atoms with van der Waals surface area (Å²) in [5, 5.41) is 10.8. The Balaban J connectivity index is 1.18. The van der Waals surface area contributed by atoms with Crippen molar-refractivity contribution in [1.29, 1.82) is 0 Å². The van der Waals surface area contributed by atoms with Crippen molar-refractivity contribution in [3.05, 3.63) is 65.2 Å². The van der Waals surface area contributed by atoms with Gasteiger partial charge < -0.3 is 10.2 Å². The van der Waals surface area contributed by atoms with Crippen LogP contribution in [0.1, 0.15) is 54.1 Å². The summed E-state index contributed by atoms with van der Waals surface area (Å²) in [5.41, 5.74) is 7.66. The molecule has 3 aromatic rings. The van der Waals surface area contributed by atoms with Gasteiger partial charge in [0.1, 0.15) is 0 Å². The third-order valence-corrected chi connectivity index (χ3v) is 6.79. The molecule has 2 N–H and O–H groups in total. The van der Waals surface area contributed by atoms with Gasteiger partial charge in [0.15, 0.2) is 0 Å². The summed E-state index contributed by atoms with van der Waals surface area (Å²) < 4.78 is 0. The van der Waals surface area contributed by atoms with Crippen LogP contribution in [0.25, 0.3) is 22.5 Å². The van der Waals surface area contributed by atoms with Crippen molar-refractivity contribution in [2.75, 3.05) is 19.6 Å². The molecule has 1 saturated heterocycles. The van der Waals surface area contributed by atoms with Crippen LogP contribution in [0, 0.1) is 0 Å². The monoisotopic (exact) mass is 414 g/mol. The number of rotatable bonds is 6. The van der Waals surface area contributed by atoms with E-state index in [-0.39, 0.29) is 5.91 Å². The second-order valence-corrected chi connectivity index (χ2v) is 8.83. The molecule has 2 aliphatic rings. The van der Waals surface area contributed by atoms with E-state index >= 15 is 0 Å². The molecule has 5 nitrogen and oxygen atoms in total. The van der Waals surface area contributed by atoms with Crippen LogP contribution in [0.4, 0.5) is 0 Å². The minimum Gasteiger partial charge on any atom is -0.352 e. The van der Waals surface area contributed by atoms with Gasteiger partial charge in [-0.15, -0.1) is 0 Å². The lowest BCUT2D eigenvalue weighted by Crippen LogP contribution is -2.39. The third kappa shape index (κ3) is 4.02. The van der Waals surface area contributed by atoms with E-state index in [0.717, 1.165) is 42.9 Å². The highest BCUT2D eigenvalue weighted by molar-refractivity contribution is 5.94. The molecular weight excluding hydrogens is 384 g/mol. The van der Waals surface area contributed by atoms with E-state index in [1.54, 1.807) is 0 Å². The first-order valence-electron chi connectivity index (χ1n) is 11.5. The van der Waals surface area contributed by atoms with Crippen molar-refractivity contribution >= 4 is 5.91 Å². The number of H-pyrrole nitrogens is 1.